The van der Waals surface area contributed by atoms with Crippen molar-refractivity contribution in [2.75, 3.05) is 33.0 Å². The van der Waals surface area contributed by atoms with Gasteiger partial charge in [-0.2, -0.15) is 5.26 Å². The Bertz CT molecular complexity index is 1180. The molecule has 1 amide bonds. The number of nitrogens with zero attached hydrogens (tertiary/aromatic N) is 2. The van der Waals surface area contributed by atoms with Crippen molar-refractivity contribution in [2.24, 2.45) is 0 Å². The first-order valence-electron chi connectivity index (χ1n) is 10.9. The number of carbonyl (C=O) groups is 4. The number of Topliss-reactive ketones (excluding diaryl/α,β-unsaturated/α-hetero) is 1. The normalized spacial score (nSPS) is 11.9. The third-order valence-electron chi connectivity index (χ3n) is 5.01. The molecule has 2 aromatic rings. The first kappa shape index (κ1) is 25.2. The smallest absolute Gasteiger partial charge is 0.344 e. The second kappa shape index (κ2) is 11.7. The molecule has 0 N–H and O–H groups in total. The maximum Gasteiger partial charge on any atom is 0.344 e. The highest BCUT2D eigenvalue weighted by Gasteiger charge is 2.30. The van der Waals surface area contributed by atoms with Crippen LogP contribution in [-0.2, 0) is 25.6 Å². The summed E-state index contributed by atoms with van der Waals surface area (Å²) in [6, 6.07) is 11.1. The van der Waals surface area contributed by atoms with E-state index in [2.05, 4.69) is 0 Å². The van der Waals surface area contributed by atoms with Crippen LogP contribution in [0.2, 0.25) is 0 Å². The Morgan fingerprint density at radius 2 is 1.66 bits per heavy atom. The number of hydrogen-bond donors (Lipinski definition) is 0. The molecule has 0 bridgehead atoms. The van der Waals surface area contributed by atoms with E-state index in [0.717, 1.165) is 0 Å². The number of esters is 2. The summed E-state index contributed by atoms with van der Waals surface area (Å²) in [5.41, 5.74) is 1.67. The first-order chi connectivity index (χ1) is 16.9. The Labute approximate surface area is 201 Å². The molecule has 2 aromatic carbocycles. The zero-order valence-electron chi connectivity index (χ0n) is 19.4. The zero-order valence-corrected chi connectivity index (χ0v) is 19.4. The molecule has 0 atom stereocenters. The van der Waals surface area contributed by atoms with Crippen LogP contribution in [-0.4, -0.2) is 61.5 Å². The molecule has 0 spiro atoms. The number of ether oxygens (including phenoxy) is 4. The molecular formula is C25H24N2O8. The van der Waals surface area contributed by atoms with Crippen molar-refractivity contribution in [3.8, 4) is 17.6 Å². The number of rotatable bonds is 11. The number of ketones is 1. The van der Waals surface area contributed by atoms with Gasteiger partial charge in [-0.3, -0.25) is 9.59 Å². The molecule has 1 aliphatic rings. The van der Waals surface area contributed by atoms with Crippen molar-refractivity contribution < 1.29 is 38.1 Å². The topological polar surface area (TPSA) is 132 Å². The summed E-state index contributed by atoms with van der Waals surface area (Å²) < 4.78 is 20.6. The molecule has 1 aliphatic heterocycles. The molecule has 0 radical (unpaired) electrons. The van der Waals surface area contributed by atoms with E-state index in [1.165, 1.54) is 23.1 Å². The van der Waals surface area contributed by atoms with Crippen LogP contribution < -0.4 is 9.47 Å². The second-order valence-electron chi connectivity index (χ2n) is 7.41. The standard InChI is InChI=1S/C25H24N2O8/c1-3-32-23(29)14-34-18-6-8-20(22(10-18)35-15-24(30)33-4-2)21(28)13-27-12-17-9-16(11-26)5-7-19(17)25(27)31/h5-10H,3-4,12-15H2,1-2H3. The molecule has 182 valence electrons. The molecular weight excluding hydrogens is 456 g/mol. The number of carbonyl (C=O) groups excluding carboxylic acids is 4. The minimum absolute atomic E-state index is 0.0420. The molecule has 10 heteroatoms. The van der Waals surface area contributed by atoms with Gasteiger partial charge in [0.1, 0.15) is 11.5 Å². The first-order valence-corrected chi connectivity index (χ1v) is 10.9. The van der Waals surface area contributed by atoms with Gasteiger partial charge in [0, 0.05) is 18.2 Å². The molecule has 1 heterocycles. The van der Waals surface area contributed by atoms with Crippen LogP contribution in [0.3, 0.4) is 0 Å². The SMILES string of the molecule is CCOC(=O)COc1ccc(C(=O)CN2Cc3cc(C#N)ccc3C2=O)c(OCC(=O)OCC)c1. The van der Waals surface area contributed by atoms with Gasteiger partial charge in [0.25, 0.3) is 5.91 Å². The lowest BCUT2D eigenvalue weighted by molar-refractivity contribution is -0.146. The summed E-state index contributed by atoms with van der Waals surface area (Å²) >= 11 is 0. The zero-order chi connectivity index (χ0) is 25.4. The minimum atomic E-state index is -0.623. The molecule has 0 saturated carbocycles. The highest BCUT2D eigenvalue weighted by Crippen LogP contribution is 2.28. The molecule has 0 aromatic heterocycles. The largest absolute Gasteiger partial charge is 0.482 e. The Kier molecular flexibility index (Phi) is 8.40. The van der Waals surface area contributed by atoms with Gasteiger partial charge in [-0.25, -0.2) is 9.59 Å². The van der Waals surface area contributed by atoms with E-state index in [-0.39, 0.29) is 55.9 Å². The summed E-state index contributed by atoms with van der Waals surface area (Å²) in [5, 5.41) is 9.08. The van der Waals surface area contributed by atoms with Crippen LogP contribution in [0.1, 0.15) is 45.7 Å². The Hall–Kier alpha value is -4.39. The number of nitriles is 1. The van der Waals surface area contributed by atoms with Gasteiger partial charge in [0.15, 0.2) is 19.0 Å². The maximum atomic E-state index is 13.1. The van der Waals surface area contributed by atoms with E-state index in [1.807, 2.05) is 6.07 Å². The van der Waals surface area contributed by atoms with Crippen molar-refractivity contribution >= 4 is 23.6 Å². The fourth-order valence-corrected chi connectivity index (χ4v) is 3.46. The summed E-state index contributed by atoms with van der Waals surface area (Å²) in [7, 11) is 0. The molecule has 0 unspecified atom stereocenters. The van der Waals surface area contributed by atoms with E-state index < -0.39 is 24.3 Å². The van der Waals surface area contributed by atoms with Gasteiger partial charge in [-0.15, -0.1) is 0 Å². The Morgan fingerprint density at radius 1 is 0.971 bits per heavy atom. The van der Waals surface area contributed by atoms with Crippen molar-refractivity contribution in [3.63, 3.8) is 0 Å². The van der Waals surface area contributed by atoms with Crippen LogP contribution >= 0.6 is 0 Å². The van der Waals surface area contributed by atoms with E-state index in [4.69, 9.17) is 24.2 Å². The van der Waals surface area contributed by atoms with Crippen molar-refractivity contribution in [2.45, 2.75) is 20.4 Å². The van der Waals surface area contributed by atoms with Gasteiger partial charge in [0.2, 0.25) is 0 Å². The molecule has 10 nitrogen and oxygen atoms in total. The minimum Gasteiger partial charge on any atom is -0.482 e. The average Bonchev–Trinajstić information content (AvgIpc) is 3.15. The fourth-order valence-electron chi connectivity index (χ4n) is 3.46. The molecule has 3 rings (SSSR count). The number of benzene rings is 2. The molecule has 0 fully saturated rings. The average molecular weight is 480 g/mol. The summed E-state index contributed by atoms with van der Waals surface area (Å²) in [6.07, 6.45) is 0. The number of hydrogen-bond acceptors (Lipinski definition) is 9. The molecule has 0 saturated heterocycles. The van der Waals surface area contributed by atoms with Crippen molar-refractivity contribution in [1.29, 1.82) is 5.26 Å². The van der Waals surface area contributed by atoms with E-state index in [0.29, 0.717) is 16.7 Å². The van der Waals surface area contributed by atoms with Gasteiger partial charge in [0.05, 0.1) is 37.0 Å². The highest BCUT2D eigenvalue weighted by molar-refractivity contribution is 6.05. The van der Waals surface area contributed by atoms with E-state index in [1.54, 1.807) is 32.0 Å². The third kappa shape index (κ3) is 6.35. The second-order valence-corrected chi connectivity index (χ2v) is 7.41. The van der Waals surface area contributed by atoms with Gasteiger partial charge < -0.3 is 23.8 Å². The van der Waals surface area contributed by atoms with Crippen LogP contribution in [0.4, 0.5) is 0 Å². The lowest BCUT2D eigenvalue weighted by Gasteiger charge is -2.17. The van der Waals surface area contributed by atoms with Crippen LogP contribution in [0.15, 0.2) is 36.4 Å². The van der Waals surface area contributed by atoms with Gasteiger partial charge >= 0.3 is 11.9 Å². The number of fused-ring (bicyclic) bond motifs is 1. The summed E-state index contributed by atoms with van der Waals surface area (Å²) in [4.78, 5) is 50.6. The van der Waals surface area contributed by atoms with Gasteiger partial charge in [-0.1, -0.05) is 0 Å². The van der Waals surface area contributed by atoms with E-state index in [9.17, 15) is 19.2 Å². The summed E-state index contributed by atoms with van der Waals surface area (Å²) in [5.74, 6) is -1.67. The number of amides is 1. The monoisotopic (exact) mass is 480 g/mol. The molecule has 35 heavy (non-hydrogen) atoms. The van der Waals surface area contributed by atoms with Crippen LogP contribution in [0.5, 0.6) is 11.5 Å². The Balaban J connectivity index is 1.77. The predicted molar refractivity (Wildman–Crippen MR) is 121 cm³/mol. The summed E-state index contributed by atoms with van der Waals surface area (Å²) in [6.45, 7) is 2.86. The molecule has 0 aliphatic carbocycles. The van der Waals surface area contributed by atoms with E-state index >= 15 is 0 Å². The van der Waals surface area contributed by atoms with Gasteiger partial charge in [-0.05, 0) is 49.7 Å². The Morgan fingerprint density at radius 3 is 2.31 bits per heavy atom. The highest BCUT2D eigenvalue weighted by atomic mass is 16.6. The lowest BCUT2D eigenvalue weighted by atomic mass is 10.1. The predicted octanol–water partition coefficient (Wildman–Crippen LogP) is 2.28. The quantitative estimate of drug-likeness (QED) is 0.351. The fraction of sp³-hybridized carbons (Fsp3) is 0.320. The van der Waals surface area contributed by atoms with Crippen LogP contribution in [0, 0.1) is 11.3 Å². The van der Waals surface area contributed by atoms with Crippen molar-refractivity contribution in [1.82, 2.24) is 4.90 Å². The third-order valence-corrected chi connectivity index (χ3v) is 5.01. The maximum absolute atomic E-state index is 13.1. The van der Waals surface area contributed by atoms with Crippen molar-refractivity contribution in [3.05, 3.63) is 58.7 Å². The van der Waals surface area contributed by atoms with Crippen LogP contribution in [0.25, 0.3) is 0 Å². The lowest BCUT2D eigenvalue weighted by Crippen LogP contribution is -2.30.